The molecule has 1 amide bonds. The third kappa shape index (κ3) is 6.06. The Labute approximate surface area is 106 Å². The number of rotatable bonds is 4. The summed E-state index contributed by atoms with van der Waals surface area (Å²) in [4.78, 5) is 11.8. The number of carbonyl (C=O) groups is 1. The Morgan fingerprint density at radius 3 is 2.59 bits per heavy atom. The van der Waals surface area contributed by atoms with E-state index < -0.39 is 0 Å². The molecule has 2 unspecified atom stereocenters. The van der Waals surface area contributed by atoms with Crippen molar-refractivity contribution in [3.05, 3.63) is 0 Å². The Hall–Kier alpha value is -0.570. The monoisotopic (exact) mass is 240 g/mol. The van der Waals surface area contributed by atoms with Gasteiger partial charge in [-0.25, -0.2) is 0 Å². The molecule has 0 aliphatic heterocycles. The molecule has 0 spiro atoms. The zero-order valence-corrected chi connectivity index (χ0v) is 11.8. The van der Waals surface area contributed by atoms with Crippen molar-refractivity contribution in [3.63, 3.8) is 0 Å². The van der Waals surface area contributed by atoms with Gasteiger partial charge < -0.3 is 10.6 Å². The highest BCUT2D eigenvalue weighted by Gasteiger charge is 2.22. The lowest BCUT2D eigenvalue weighted by molar-refractivity contribution is -0.121. The lowest BCUT2D eigenvalue weighted by Crippen LogP contribution is -2.46. The molecule has 3 heteroatoms. The molecule has 100 valence electrons. The van der Waals surface area contributed by atoms with E-state index in [4.69, 9.17) is 0 Å². The minimum Gasteiger partial charge on any atom is -0.352 e. The van der Waals surface area contributed by atoms with E-state index in [1.165, 1.54) is 19.3 Å². The van der Waals surface area contributed by atoms with Gasteiger partial charge in [0.15, 0.2) is 0 Å². The lowest BCUT2D eigenvalue weighted by Gasteiger charge is -2.29. The third-order valence-corrected chi connectivity index (χ3v) is 3.50. The van der Waals surface area contributed by atoms with Gasteiger partial charge in [-0.15, -0.1) is 0 Å². The first kappa shape index (κ1) is 14.5. The maximum absolute atomic E-state index is 11.8. The van der Waals surface area contributed by atoms with Crippen LogP contribution in [0.15, 0.2) is 0 Å². The summed E-state index contributed by atoms with van der Waals surface area (Å²) in [6, 6.07) is 0.406. The Morgan fingerprint density at radius 1 is 1.29 bits per heavy atom. The fraction of sp³-hybridized carbons (Fsp3) is 0.929. The summed E-state index contributed by atoms with van der Waals surface area (Å²) < 4.78 is 0. The summed E-state index contributed by atoms with van der Waals surface area (Å²) in [6.07, 6.45) is 6.15. The Kier molecular flexibility index (Phi) is 5.44. The highest BCUT2D eigenvalue weighted by atomic mass is 16.2. The van der Waals surface area contributed by atoms with Crippen LogP contribution in [0, 0.1) is 5.92 Å². The number of carbonyl (C=O) groups excluding carboxylic acids is 1. The lowest BCUT2D eigenvalue weighted by atomic mass is 9.84. The molecule has 1 fully saturated rings. The molecular formula is C14H28N2O. The van der Waals surface area contributed by atoms with Crippen LogP contribution in [0.5, 0.6) is 0 Å². The van der Waals surface area contributed by atoms with Gasteiger partial charge in [0.2, 0.25) is 5.91 Å². The van der Waals surface area contributed by atoms with E-state index in [0.717, 1.165) is 18.8 Å². The van der Waals surface area contributed by atoms with Crippen LogP contribution in [-0.4, -0.2) is 24.0 Å². The van der Waals surface area contributed by atoms with Crippen molar-refractivity contribution in [1.29, 1.82) is 0 Å². The Balaban J connectivity index is 2.26. The molecule has 2 atom stereocenters. The molecular weight excluding hydrogens is 212 g/mol. The number of amides is 1. The summed E-state index contributed by atoms with van der Waals surface area (Å²) in [7, 11) is 0. The van der Waals surface area contributed by atoms with Gasteiger partial charge in [-0.2, -0.15) is 0 Å². The van der Waals surface area contributed by atoms with Gasteiger partial charge in [0.05, 0.1) is 6.54 Å². The highest BCUT2D eigenvalue weighted by Crippen LogP contribution is 2.26. The van der Waals surface area contributed by atoms with Crippen molar-refractivity contribution < 1.29 is 4.79 Å². The predicted molar refractivity (Wildman–Crippen MR) is 71.9 cm³/mol. The molecule has 0 bridgehead atoms. The van der Waals surface area contributed by atoms with Crippen molar-refractivity contribution in [2.75, 3.05) is 6.54 Å². The van der Waals surface area contributed by atoms with Gasteiger partial charge in [0.25, 0.3) is 0 Å². The van der Waals surface area contributed by atoms with Crippen molar-refractivity contribution in [2.24, 2.45) is 5.92 Å². The molecule has 0 heterocycles. The molecule has 2 N–H and O–H groups in total. The topological polar surface area (TPSA) is 41.1 Å². The zero-order valence-electron chi connectivity index (χ0n) is 11.8. The van der Waals surface area contributed by atoms with E-state index in [9.17, 15) is 4.79 Å². The van der Waals surface area contributed by atoms with Crippen molar-refractivity contribution in [3.8, 4) is 0 Å². The first-order valence-corrected chi connectivity index (χ1v) is 6.95. The van der Waals surface area contributed by atoms with Crippen molar-refractivity contribution in [1.82, 2.24) is 10.6 Å². The molecule has 1 aliphatic carbocycles. The Bertz CT molecular complexity index is 245. The van der Waals surface area contributed by atoms with Crippen LogP contribution < -0.4 is 10.6 Å². The normalized spacial score (nSPS) is 25.6. The van der Waals surface area contributed by atoms with E-state index in [-0.39, 0.29) is 11.4 Å². The molecule has 3 nitrogen and oxygen atoms in total. The van der Waals surface area contributed by atoms with Gasteiger partial charge in [0, 0.05) is 11.6 Å². The second-order valence-electron chi connectivity index (χ2n) is 6.31. The van der Waals surface area contributed by atoms with Crippen LogP contribution in [-0.2, 0) is 4.79 Å². The van der Waals surface area contributed by atoms with E-state index in [2.05, 4.69) is 38.3 Å². The van der Waals surface area contributed by atoms with Crippen LogP contribution >= 0.6 is 0 Å². The second-order valence-corrected chi connectivity index (χ2v) is 6.31. The highest BCUT2D eigenvalue weighted by molar-refractivity contribution is 5.78. The smallest absolute Gasteiger partial charge is 0.234 e. The predicted octanol–water partition coefficient (Wildman–Crippen LogP) is 2.46. The maximum Gasteiger partial charge on any atom is 0.234 e. The van der Waals surface area contributed by atoms with Crippen LogP contribution in [0.3, 0.4) is 0 Å². The van der Waals surface area contributed by atoms with E-state index >= 15 is 0 Å². The first-order valence-electron chi connectivity index (χ1n) is 6.95. The molecule has 1 rings (SSSR count). The summed E-state index contributed by atoms with van der Waals surface area (Å²) in [5.74, 6) is 0.950. The van der Waals surface area contributed by atoms with Gasteiger partial charge in [0.1, 0.15) is 0 Å². The van der Waals surface area contributed by atoms with Crippen LogP contribution in [0.25, 0.3) is 0 Å². The van der Waals surface area contributed by atoms with Gasteiger partial charge in [-0.05, 0) is 39.5 Å². The second kappa shape index (κ2) is 6.39. The van der Waals surface area contributed by atoms with Crippen LogP contribution in [0.4, 0.5) is 0 Å². The summed E-state index contributed by atoms with van der Waals surface area (Å²) in [5.41, 5.74) is 0.00978. The van der Waals surface area contributed by atoms with Crippen molar-refractivity contribution in [2.45, 2.75) is 71.4 Å². The molecule has 0 saturated heterocycles. The third-order valence-electron chi connectivity index (χ3n) is 3.50. The number of hydrogen-bond acceptors (Lipinski definition) is 2. The molecule has 1 saturated carbocycles. The molecule has 0 radical (unpaired) electrons. The Morgan fingerprint density at radius 2 is 2.00 bits per heavy atom. The SMILES string of the molecule is CCC1CCCC(NC(=O)CNC(C)(C)C)C1. The summed E-state index contributed by atoms with van der Waals surface area (Å²) >= 11 is 0. The minimum atomic E-state index is 0.00978. The number of hydrogen-bond donors (Lipinski definition) is 2. The fourth-order valence-corrected chi connectivity index (χ4v) is 2.42. The van der Waals surface area contributed by atoms with Crippen molar-refractivity contribution >= 4 is 5.91 Å². The number of nitrogens with one attached hydrogen (secondary N) is 2. The average molecular weight is 240 g/mol. The van der Waals surface area contributed by atoms with Crippen LogP contribution in [0.2, 0.25) is 0 Å². The van der Waals surface area contributed by atoms with E-state index in [1.807, 2.05) is 0 Å². The zero-order chi connectivity index (χ0) is 12.9. The van der Waals surface area contributed by atoms with Gasteiger partial charge in [-0.3, -0.25) is 4.79 Å². The van der Waals surface area contributed by atoms with E-state index in [0.29, 0.717) is 12.6 Å². The summed E-state index contributed by atoms with van der Waals surface area (Å²) in [5, 5.41) is 6.38. The molecule has 0 aromatic carbocycles. The van der Waals surface area contributed by atoms with E-state index in [1.54, 1.807) is 0 Å². The summed E-state index contributed by atoms with van der Waals surface area (Å²) in [6.45, 7) is 8.91. The molecule has 1 aliphatic rings. The standard InChI is InChI=1S/C14H28N2O/c1-5-11-7-6-8-12(9-11)16-13(17)10-15-14(2,3)4/h11-12,15H,5-10H2,1-4H3,(H,16,17). The quantitative estimate of drug-likeness (QED) is 0.792. The molecule has 17 heavy (non-hydrogen) atoms. The maximum atomic E-state index is 11.8. The fourth-order valence-electron chi connectivity index (χ4n) is 2.42. The molecule has 0 aromatic heterocycles. The average Bonchev–Trinajstić information content (AvgIpc) is 2.26. The minimum absolute atomic E-state index is 0.00978. The largest absolute Gasteiger partial charge is 0.352 e. The molecule has 0 aromatic rings. The van der Waals surface area contributed by atoms with Gasteiger partial charge in [-0.1, -0.05) is 26.2 Å². The van der Waals surface area contributed by atoms with Crippen LogP contribution in [0.1, 0.15) is 59.8 Å². The van der Waals surface area contributed by atoms with Gasteiger partial charge >= 0.3 is 0 Å². The first-order chi connectivity index (χ1) is 7.90.